The zero-order chi connectivity index (χ0) is 13.7. The van der Waals surface area contributed by atoms with Gasteiger partial charge < -0.3 is 10.2 Å². The molecule has 0 aliphatic heterocycles. The van der Waals surface area contributed by atoms with Gasteiger partial charge in [0.15, 0.2) is 0 Å². The minimum Gasteiger partial charge on any atom is -0.347 e. The van der Waals surface area contributed by atoms with Crippen LogP contribution in [0.4, 0.5) is 0 Å². The van der Waals surface area contributed by atoms with Crippen LogP contribution in [0.2, 0.25) is 0 Å². The van der Waals surface area contributed by atoms with E-state index < -0.39 is 0 Å². The van der Waals surface area contributed by atoms with E-state index >= 15 is 0 Å². The van der Waals surface area contributed by atoms with Gasteiger partial charge in [-0.05, 0) is 32.1 Å². The Kier molecular flexibility index (Phi) is 5.23. The molecule has 0 unspecified atom stereocenters. The molecule has 0 aromatic heterocycles. The van der Waals surface area contributed by atoms with E-state index in [-0.39, 0.29) is 18.4 Å². The molecule has 2 fully saturated rings. The Hall–Kier alpha value is -1.06. The summed E-state index contributed by atoms with van der Waals surface area (Å²) in [4.78, 5) is 25.9. The topological polar surface area (TPSA) is 49.4 Å². The van der Waals surface area contributed by atoms with Crippen molar-refractivity contribution in [2.45, 2.75) is 76.8 Å². The molecule has 0 bridgehead atoms. The number of carbonyl (C=O) groups is 2. The van der Waals surface area contributed by atoms with Gasteiger partial charge >= 0.3 is 0 Å². The average molecular weight is 266 g/mol. The Morgan fingerprint density at radius 2 is 1.68 bits per heavy atom. The largest absolute Gasteiger partial charge is 0.347 e. The number of hydrogen-bond donors (Lipinski definition) is 1. The van der Waals surface area contributed by atoms with Gasteiger partial charge in [-0.1, -0.05) is 26.2 Å². The summed E-state index contributed by atoms with van der Waals surface area (Å²) in [5.41, 5.74) is 0. The van der Waals surface area contributed by atoms with Crippen molar-refractivity contribution in [3.8, 4) is 0 Å². The maximum absolute atomic E-state index is 12.3. The highest BCUT2D eigenvalue weighted by Gasteiger charge is 2.37. The maximum atomic E-state index is 12.3. The van der Waals surface area contributed by atoms with Crippen molar-refractivity contribution in [1.29, 1.82) is 0 Å². The second-order valence-corrected chi connectivity index (χ2v) is 5.85. The van der Waals surface area contributed by atoms with E-state index in [1.807, 2.05) is 6.92 Å². The summed E-state index contributed by atoms with van der Waals surface area (Å²) < 4.78 is 0. The molecule has 0 aromatic carbocycles. The summed E-state index contributed by atoms with van der Waals surface area (Å²) in [6.07, 6.45) is 9.70. The van der Waals surface area contributed by atoms with Gasteiger partial charge in [0.1, 0.15) is 0 Å². The van der Waals surface area contributed by atoms with Crippen molar-refractivity contribution < 1.29 is 9.59 Å². The lowest BCUT2D eigenvalue weighted by atomic mass is 9.94. The first-order chi connectivity index (χ1) is 9.22. The lowest BCUT2D eigenvalue weighted by Gasteiger charge is -2.34. The summed E-state index contributed by atoms with van der Waals surface area (Å²) in [5, 5.41) is 2.76. The number of amides is 2. The highest BCUT2D eigenvalue weighted by molar-refractivity contribution is 5.85. The van der Waals surface area contributed by atoms with Gasteiger partial charge in [0.2, 0.25) is 11.8 Å². The Bertz CT molecular complexity index is 320. The van der Waals surface area contributed by atoms with Gasteiger partial charge in [-0.25, -0.2) is 0 Å². The van der Waals surface area contributed by atoms with Crippen LogP contribution in [-0.4, -0.2) is 35.3 Å². The molecule has 4 heteroatoms. The molecule has 0 spiro atoms. The van der Waals surface area contributed by atoms with Gasteiger partial charge in [0, 0.05) is 18.5 Å². The first kappa shape index (κ1) is 14.4. The van der Waals surface area contributed by atoms with Crippen molar-refractivity contribution in [3.05, 3.63) is 0 Å². The zero-order valence-electron chi connectivity index (χ0n) is 12.0. The number of nitrogens with zero attached hydrogens (tertiary/aromatic N) is 1. The normalized spacial score (nSPS) is 20.1. The van der Waals surface area contributed by atoms with Crippen LogP contribution in [-0.2, 0) is 9.59 Å². The summed E-state index contributed by atoms with van der Waals surface area (Å²) >= 11 is 0. The van der Waals surface area contributed by atoms with Crippen LogP contribution < -0.4 is 5.32 Å². The summed E-state index contributed by atoms with van der Waals surface area (Å²) in [7, 11) is 0. The third kappa shape index (κ3) is 4.22. The third-order valence-electron chi connectivity index (χ3n) is 4.11. The first-order valence-electron chi connectivity index (χ1n) is 7.80. The van der Waals surface area contributed by atoms with Gasteiger partial charge in [-0.15, -0.1) is 0 Å². The Morgan fingerprint density at radius 1 is 1.05 bits per heavy atom. The molecule has 2 saturated carbocycles. The van der Waals surface area contributed by atoms with Gasteiger partial charge in [-0.3, -0.25) is 9.59 Å². The van der Waals surface area contributed by atoms with E-state index in [0.29, 0.717) is 18.5 Å². The summed E-state index contributed by atoms with van der Waals surface area (Å²) in [6, 6.07) is 0.885. The molecule has 19 heavy (non-hydrogen) atoms. The maximum Gasteiger partial charge on any atom is 0.242 e. The van der Waals surface area contributed by atoms with Crippen molar-refractivity contribution in [3.63, 3.8) is 0 Å². The SMILES string of the molecule is CCCC(=O)NCC(=O)N(C1CCCCC1)C1CC1. The van der Waals surface area contributed by atoms with E-state index in [0.717, 1.165) is 32.1 Å². The molecule has 0 aromatic rings. The van der Waals surface area contributed by atoms with Crippen LogP contribution >= 0.6 is 0 Å². The van der Waals surface area contributed by atoms with Gasteiger partial charge in [-0.2, -0.15) is 0 Å². The smallest absolute Gasteiger partial charge is 0.242 e. The van der Waals surface area contributed by atoms with Crippen LogP contribution in [0.15, 0.2) is 0 Å². The highest BCUT2D eigenvalue weighted by atomic mass is 16.2. The monoisotopic (exact) mass is 266 g/mol. The number of carbonyl (C=O) groups excluding carboxylic acids is 2. The second kappa shape index (κ2) is 6.92. The van der Waals surface area contributed by atoms with E-state index in [9.17, 15) is 9.59 Å². The number of hydrogen-bond acceptors (Lipinski definition) is 2. The zero-order valence-corrected chi connectivity index (χ0v) is 12.0. The molecule has 2 aliphatic rings. The van der Waals surface area contributed by atoms with Crippen molar-refractivity contribution >= 4 is 11.8 Å². The average Bonchev–Trinajstić information content (AvgIpc) is 3.23. The minimum absolute atomic E-state index is 0.00441. The van der Waals surface area contributed by atoms with Crippen molar-refractivity contribution in [2.24, 2.45) is 0 Å². The minimum atomic E-state index is -0.00441. The molecular weight excluding hydrogens is 240 g/mol. The van der Waals surface area contributed by atoms with Gasteiger partial charge in [0.25, 0.3) is 0 Å². The molecule has 2 aliphatic carbocycles. The molecular formula is C15H26N2O2. The second-order valence-electron chi connectivity index (χ2n) is 5.85. The van der Waals surface area contributed by atoms with E-state index in [2.05, 4.69) is 10.2 Å². The number of rotatable bonds is 6. The first-order valence-corrected chi connectivity index (χ1v) is 7.80. The summed E-state index contributed by atoms with van der Waals surface area (Å²) in [5.74, 6) is 0.120. The van der Waals surface area contributed by atoms with Crippen LogP contribution in [0.1, 0.15) is 64.7 Å². The molecule has 108 valence electrons. The predicted octanol–water partition coefficient (Wildman–Crippen LogP) is 2.23. The molecule has 2 amide bonds. The molecule has 0 heterocycles. The van der Waals surface area contributed by atoms with E-state index in [4.69, 9.17) is 0 Å². The molecule has 0 radical (unpaired) electrons. The fraction of sp³-hybridized carbons (Fsp3) is 0.867. The molecule has 0 saturated heterocycles. The van der Waals surface area contributed by atoms with Crippen molar-refractivity contribution in [2.75, 3.05) is 6.54 Å². The lowest BCUT2D eigenvalue weighted by molar-refractivity contribution is -0.136. The molecule has 4 nitrogen and oxygen atoms in total. The highest BCUT2D eigenvalue weighted by Crippen LogP contribution is 2.33. The fourth-order valence-electron chi connectivity index (χ4n) is 3.00. The van der Waals surface area contributed by atoms with Crippen LogP contribution in [0.5, 0.6) is 0 Å². The Labute approximate surface area is 115 Å². The van der Waals surface area contributed by atoms with Crippen LogP contribution in [0.3, 0.4) is 0 Å². The van der Waals surface area contributed by atoms with E-state index in [1.165, 1.54) is 19.3 Å². The number of nitrogens with one attached hydrogen (secondary N) is 1. The Balaban J connectivity index is 1.84. The molecule has 1 N–H and O–H groups in total. The third-order valence-corrected chi connectivity index (χ3v) is 4.11. The lowest BCUT2D eigenvalue weighted by Crippen LogP contribution is -2.47. The standard InChI is InChI=1S/C15H26N2O2/c1-2-6-14(18)16-11-15(19)17(13-9-10-13)12-7-4-3-5-8-12/h12-13H,2-11H2,1H3,(H,16,18). The van der Waals surface area contributed by atoms with Crippen LogP contribution in [0, 0.1) is 0 Å². The summed E-state index contributed by atoms with van der Waals surface area (Å²) in [6.45, 7) is 2.16. The molecule has 2 rings (SSSR count). The fourth-order valence-corrected chi connectivity index (χ4v) is 3.00. The Morgan fingerprint density at radius 3 is 2.26 bits per heavy atom. The van der Waals surface area contributed by atoms with Crippen molar-refractivity contribution in [1.82, 2.24) is 10.2 Å². The van der Waals surface area contributed by atoms with Gasteiger partial charge in [0.05, 0.1) is 6.54 Å². The van der Waals surface area contributed by atoms with Crippen LogP contribution in [0.25, 0.3) is 0 Å². The van der Waals surface area contributed by atoms with E-state index in [1.54, 1.807) is 0 Å². The predicted molar refractivity (Wildman–Crippen MR) is 74.7 cm³/mol. The quantitative estimate of drug-likeness (QED) is 0.801. The molecule has 0 atom stereocenters.